The zero-order valence-corrected chi connectivity index (χ0v) is 14.6. The molecule has 3 aromatic carbocycles. The van der Waals surface area contributed by atoms with Gasteiger partial charge in [0.2, 0.25) is 0 Å². The number of hydrogen-bond donors (Lipinski definition) is 1. The number of aromatic hydroxyl groups is 1. The van der Waals surface area contributed by atoms with Crippen molar-refractivity contribution in [1.29, 1.82) is 0 Å². The molecule has 1 N–H and O–H groups in total. The van der Waals surface area contributed by atoms with E-state index in [0.717, 1.165) is 39.3 Å². The van der Waals surface area contributed by atoms with Crippen LogP contribution in [0, 0.1) is 13.8 Å². The summed E-state index contributed by atoms with van der Waals surface area (Å²) in [5.41, 5.74) is 5.10. The molecule has 0 saturated heterocycles. The van der Waals surface area contributed by atoms with E-state index in [2.05, 4.69) is 6.07 Å². The molecule has 26 heavy (non-hydrogen) atoms. The van der Waals surface area contributed by atoms with Crippen LogP contribution in [0.2, 0.25) is 0 Å². The maximum absolute atomic E-state index is 9.87. The summed E-state index contributed by atoms with van der Waals surface area (Å²) < 4.78 is 18.4. The second-order valence-corrected chi connectivity index (χ2v) is 6.90. The standard InChI is InChI=1S/C22H18O4/c1-12-6-15(23)10-16(7-12)25-18-8-13(2)9-19-21(18)22-20-14(11-24-22)4-3-5-17(20)26-19/h3-10,22-23H,11H2,1-2H3/t22-/m0/s1. The number of benzene rings is 3. The van der Waals surface area contributed by atoms with Crippen LogP contribution in [-0.2, 0) is 11.3 Å². The largest absolute Gasteiger partial charge is 0.508 e. The van der Waals surface area contributed by atoms with Gasteiger partial charge in [-0.1, -0.05) is 12.1 Å². The summed E-state index contributed by atoms with van der Waals surface area (Å²) in [6.45, 7) is 4.49. The summed E-state index contributed by atoms with van der Waals surface area (Å²) in [6, 6.07) is 15.2. The molecule has 4 nitrogen and oxygen atoms in total. The third-order valence-corrected chi connectivity index (χ3v) is 4.82. The summed E-state index contributed by atoms with van der Waals surface area (Å²) in [4.78, 5) is 0. The predicted molar refractivity (Wildman–Crippen MR) is 97.2 cm³/mol. The summed E-state index contributed by atoms with van der Waals surface area (Å²) in [5, 5.41) is 9.87. The fourth-order valence-corrected chi connectivity index (χ4v) is 3.78. The Balaban J connectivity index is 1.65. The van der Waals surface area contributed by atoms with Gasteiger partial charge in [-0.25, -0.2) is 0 Å². The van der Waals surface area contributed by atoms with Crippen molar-refractivity contribution in [3.63, 3.8) is 0 Å². The van der Waals surface area contributed by atoms with Crippen LogP contribution in [0.3, 0.4) is 0 Å². The van der Waals surface area contributed by atoms with Crippen LogP contribution in [-0.4, -0.2) is 5.11 Å². The number of rotatable bonds is 2. The minimum absolute atomic E-state index is 0.183. The van der Waals surface area contributed by atoms with E-state index in [4.69, 9.17) is 14.2 Å². The van der Waals surface area contributed by atoms with Crippen LogP contribution in [0.5, 0.6) is 28.7 Å². The van der Waals surface area contributed by atoms with Gasteiger partial charge in [0.25, 0.3) is 0 Å². The second kappa shape index (κ2) is 5.51. The Morgan fingerprint density at radius 2 is 1.81 bits per heavy atom. The fourth-order valence-electron chi connectivity index (χ4n) is 3.78. The Bertz CT molecular complexity index is 1020. The summed E-state index contributed by atoms with van der Waals surface area (Å²) in [7, 11) is 0. The maximum atomic E-state index is 9.87. The van der Waals surface area contributed by atoms with Crippen LogP contribution < -0.4 is 9.47 Å². The highest BCUT2D eigenvalue weighted by Crippen LogP contribution is 2.53. The molecule has 4 heteroatoms. The van der Waals surface area contributed by atoms with E-state index in [9.17, 15) is 5.11 Å². The van der Waals surface area contributed by atoms with Gasteiger partial charge >= 0.3 is 0 Å². The Morgan fingerprint density at radius 3 is 2.65 bits per heavy atom. The summed E-state index contributed by atoms with van der Waals surface area (Å²) >= 11 is 0. The topological polar surface area (TPSA) is 47.9 Å². The van der Waals surface area contributed by atoms with Gasteiger partial charge in [-0.3, -0.25) is 0 Å². The van der Waals surface area contributed by atoms with E-state index >= 15 is 0 Å². The molecule has 3 aromatic rings. The van der Waals surface area contributed by atoms with Gasteiger partial charge in [0.05, 0.1) is 12.2 Å². The number of fused-ring (bicyclic) bond motifs is 2. The number of phenols is 1. The van der Waals surface area contributed by atoms with Crippen LogP contribution in [0.25, 0.3) is 0 Å². The van der Waals surface area contributed by atoms with Crippen molar-refractivity contribution in [3.05, 3.63) is 76.3 Å². The highest BCUT2D eigenvalue weighted by molar-refractivity contribution is 5.62. The van der Waals surface area contributed by atoms with Crippen molar-refractivity contribution < 1.29 is 19.3 Å². The summed E-state index contributed by atoms with van der Waals surface area (Å²) in [5.74, 6) is 3.07. The smallest absolute Gasteiger partial charge is 0.137 e. The van der Waals surface area contributed by atoms with Gasteiger partial charge in [0.15, 0.2) is 0 Å². The molecule has 0 saturated carbocycles. The van der Waals surface area contributed by atoms with E-state index in [0.29, 0.717) is 18.1 Å². The van der Waals surface area contributed by atoms with Crippen LogP contribution in [0.15, 0.2) is 48.5 Å². The SMILES string of the molecule is Cc1cc(O)cc(Oc2cc(C)cc3c2[C@H]2OCc4cccc(c42)O3)c1. The van der Waals surface area contributed by atoms with Gasteiger partial charge in [0.1, 0.15) is 34.9 Å². The second-order valence-electron chi connectivity index (χ2n) is 6.90. The van der Waals surface area contributed by atoms with Crippen molar-refractivity contribution in [1.82, 2.24) is 0 Å². The average Bonchev–Trinajstić information content (AvgIpc) is 2.99. The third-order valence-electron chi connectivity index (χ3n) is 4.82. The van der Waals surface area contributed by atoms with Gasteiger partial charge in [-0.15, -0.1) is 0 Å². The molecule has 0 aromatic heterocycles. The first-order valence-corrected chi connectivity index (χ1v) is 8.63. The lowest BCUT2D eigenvalue weighted by molar-refractivity contribution is 0.0866. The molecular weight excluding hydrogens is 328 g/mol. The molecule has 2 heterocycles. The van der Waals surface area contributed by atoms with Gasteiger partial charge in [0, 0.05) is 11.6 Å². The number of hydrogen-bond acceptors (Lipinski definition) is 4. The van der Waals surface area contributed by atoms with Gasteiger partial charge < -0.3 is 19.3 Å². The lowest BCUT2D eigenvalue weighted by Gasteiger charge is -2.27. The molecule has 0 radical (unpaired) electrons. The van der Waals surface area contributed by atoms with Crippen LogP contribution in [0.1, 0.15) is 33.9 Å². The van der Waals surface area contributed by atoms with Gasteiger partial charge in [-0.2, -0.15) is 0 Å². The predicted octanol–water partition coefficient (Wildman–Crippen LogP) is 5.53. The third kappa shape index (κ3) is 2.34. The van der Waals surface area contributed by atoms with Crippen molar-refractivity contribution >= 4 is 0 Å². The molecule has 2 aliphatic rings. The zero-order chi connectivity index (χ0) is 17.8. The summed E-state index contributed by atoms with van der Waals surface area (Å²) in [6.07, 6.45) is -0.195. The monoisotopic (exact) mass is 346 g/mol. The highest BCUT2D eigenvalue weighted by atomic mass is 16.5. The molecule has 5 rings (SSSR count). The van der Waals surface area contributed by atoms with E-state index < -0.39 is 0 Å². The quantitative estimate of drug-likeness (QED) is 0.663. The minimum Gasteiger partial charge on any atom is -0.508 e. The Morgan fingerprint density at radius 1 is 0.962 bits per heavy atom. The first kappa shape index (κ1) is 15.3. The number of ether oxygens (including phenoxy) is 3. The molecule has 0 amide bonds. The fraction of sp³-hybridized carbons (Fsp3) is 0.182. The Hall–Kier alpha value is -2.98. The Labute approximate surface area is 151 Å². The molecule has 0 fully saturated rings. The molecule has 1 atom stereocenters. The highest BCUT2D eigenvalue weighted by Gasteiger charge is 2.37. The molecule has 2 aliphatic heterocycles. The van der Waals surface area contributed by atoms with E-state index in [-0.39, 0.29) is 11.9 Å². The van der Waals surface area contributed by atoms with E-state index in [1.165, 1.54) is 0 Å². The number of aryl methyl sites for hydroxylation is 2. The van der Waals surface area contributed by atoms with Gasteiger partial charge in [-0.05, 0) is 60.9 Å². The van der Waals surface area contributed by atoms with Crippen molar-refractivity contribution in [2.75, 3.05) is 0 Å². The molecule has 0 spiro atoms. The zero-order valence-electron chi connectivity index (χ0n) is 14.6. The molecule has 130 valence electrons. The molecule has 0 unspecified atom stereocenters. The maximum Gasteiger partial charge on any atom is 0.137 e. The molecular formula is C22H18O4. The first-order valence-electron chi connectivity index (χ1n) is 8.63. The van der Waals surface area contributed by atoms with Crippen LogP contribution in [0.4, 0.5) is 0 Å². The molecule has 0 aliphatic carbocycles. The molecule has 0 bridgehead atoms. The lowest BCUT2D eigenvalue weighted by atomic mass is 9.93. The van der Waals surface area contributed by atoms with Crippen molar-refractivity contribution in [2.24, 2.45) is 0 Å². The first-order chi connectivity index (χ1) is 12.6. The van der Waals surface area contributed by atoms with E-state index in [1.807, 2.05) is 44.2 Å². The van der Waals surface area contributed by atoms with Crippen LogP contribution >= 0.6 is 0 Å². The van der Waals surface area contributed by atoms with E-state index in [1.54, 1.807) is 12.1 Å². The Kier molecular flexibility index (Phi) is 3.24. The van der Waals surface area contributed by atoms with Crippen molar-refractivity contribution in [2.45, 2.75) is 26.6 Å². The lowest BCUT2D eigenvalue weighted by Crippen LogP contribution is -2.10. The van der Waals surface area contributed by atoms with Crippen molar-refractivity contribution in [3.8, 4) is 28.7 Å². The minimum atomic E-state index is -0.195. The number of phenolic OH excluding ortho intramolecular Hbond substituents is 1. The normalized spacial score (nSPS) is 16.6. The average molecular weight is 346 g/mol.